The maximum atomic E-state index is 5.89. The fourth-order valence-electron chi connectivity index (χ4n) is 1.07. The van der Waals surface area contributed by atoms with Crippen LogP contribution in [0.2, 0.25) is 0 Å². The van der Waals surface area contributed by atoms with Crippen molar-refractivity contribution in [3.63, 3.8) is 0 Å². The highest BCUT2D eigenvalue weighted by atomic mass is 15.2. The Hall–Kier alpha value is -0.0800. The van der Waals surface area contributed by atoms with Crippen LogP contribution in [0.1, 0.15) is 20.3 Å². The van der Waals surface area contributed by atoms with Crippen LogP contribution in [0.4, 0.5) is 0 Å². The summed E-state index contributed by atoms with van der Waals surface area (Å²) in [5.74, 6) is 0.626. The third-order valence-electron chi connectivity index (χ3n) is 2.27. The van der Waals surface area contributed by atoms with Crippen LogP contribution in [0.25, 0.3) is 0 Å². The Labute approximate surface area is 63.4 Å². The van der Waals surface area contributed by atoms with E-state index in [1.807, 2.05) is 0 Å². The van der Waals surface area contributed by atoms with E-state index in [-0.39, 0.29) is 0 Å². The quantitative estimate of drug-likeness (QED) is 0.627. The highest BCUT2D eigenvalue weighted by Gasteiger charge is 2.17. The van der Waals surface area contributed by atoms with Gasteiger partial charge in [-0.25, -0.2) is 0 Å². The van der Waals surface area contributed by atoms with Crippen LogP contribution in [0, 0.1) is 5.92 Å². The molecular formula is C8H18N2. The van der Waals surface area contributed by atoms with E-state index in [0.717, 1.165) is 6.54 Å². The molecule has 1 aliphatic heterocycles. The topological polar surface area (TPSA) is 29.3 Å². The summed E-state index contributed by atoms with van der Waals surface area (Å²) in [6, 6.07) is 0.375. The maximum absolute atomic E-state index is 5.89. The van der Waals surface area contributed by atoms with Crippen molar-refractivity contribution >= 4 is 0 Å². The average Bonchev–Trinajstić information content (AvgIpc) is 1.77. The zero-order valence-corrected chi connectivity index (χ0v) is 7.01. The van der Waals surface area contributed by atoms with Gasteiger partial charge in [0.15, 0.2) is 0 Å². The van der Waals surface area contributed by atoms with Crippen molar-refractivity contribution in [2.45, 2.75) is 26.3 Å². The zero-order valence-electron chi connectivity index (χ0n) is 7.01. The molecule has 0 radical (unpaired) electrons. The molecule has 0 saturated carbocycles. The van der Waals surface area contributed by atoms with Gasteiger partial charge >= 0.3 is 0 Å². The van der Waals surface area contributed by atoms with Crippen LogP contribution in [0.5, 0.6) is 0 Å². The van der Waals surface area contributed by atoms with Gasteiger partial charge in [-0.3, -0.25) is 0 Å². The van der Waals surface area contributed by atoms with Crippen LogP contribution in [0.3, 0.4) is 0 Å². The average molecular weight is 142 g/mol. The number of hydrogen-bond donors (Lipinski definition) is 1. The van der Waals surface area contributed by atoms with Crippen LogP contribution in [0.15, 0.2) is 0 Å². The first-order valence-electron chi connectivity index (χ1n) is 4.18. The molecule has 10 heavy (non-hydrogen) atoms. The molecule has 0 aliphatic carbocycles. The zero-order chi connectivity index (χ0) is 7.56. The molecule has 1 fully saturated rings. The lowest BCUT2D eigenvalue weighted by atomic mass is 10.0. The summed E-state index contributed by atoms with van der Waals surface area (Å²) in [5.41, 5.74) is 5.89. The minimum Gasteiger partial charge on any atom is -0.326 e. The first kappa shape index (κ1) is 8.02. The smallest absolute Gasteiger partial charge is 0.0191 e. The van der Waals surface area contributed by atoms with E-state index in [0.29, 0.717) is 12.0 Å². The largest absolute Gasteiger partial charge is 0.326 e. The monoisotopic (exact) mass is 142 g/mol. The molecule has 1 atom stereocenters. The van der Waals surface area contributed by atoms with Crippen molar-refractivity contribution in [2.24, 2.45) is 11.7 Å². The lowest BCUT2D eigenvalue weighted by Gasteiger charge is -2.33. The molecule has 1 rings (SSSR count). The van der Waals surface area contributed by atoms with Gasteiger partial charge in [0.05, 0.1) is 0 Å². The highest BCUT2D eigenvalue weighted by Crippen LogP contribution is 2.08. The minimum absolute atomic E-state index is 0.375. The molecule has 2 heteroatoms. The molecule has 1 saturated heterocycles. The number of nitrogens with two attached hydrogens (primary N) is 1. The fourth-order valence-corrected chi connectivity index (χ4v) is 1.07. The predicted octanol–water partition coefficient (Wildman–Crippen LogP) is 0.675. The molecule has 0 bridgehead atoms. The normalized spacial score (nSPS) is 22.8. The van der Waals surface area contributed by atoms with Gasteiger partial charge in [-0.15, -0.1) is 0 Å². The molecule has 1 aliphatic rings. The molecule has 2 N–H and O–H groups in total. The first-order chi connectivity index (χ1) is 4.70. The van der Waals surface area contributed by atoms with E-state index in [2.05, 4.69) is 18.7 Å². The molecule has 1 unspecified atom stereocenters. The van der Waals surface area contributed by atoms with E-state index in [9.17, 15) is 0 Å². The van der Waals surface area contributed by atoms with E-state index in [1.165, 1.54) is 19.5 Å². The predicted molar refractivity (Wildman–Crippen MR) is 43.9 cm³/mol. The lowest BCUT2D eigenvalue weighted by molar-refractivity contribution is 0.159. The second-order valence-corrected chi connectivity index (χ2v) is 3.56. The van der Waals surface area contributed by atoms with Gasteiger partial charge in [-0.1, -0.05) is 13.8 Å². The standard InChI is InChI=1S/C8H18N2/c1-7(2)8(9)6-10-4-3-5-10/h7-8H,3-6,9H2,1-2H3. The lowest BCUT2D eigenvalue weighted by Crippen LogP contribution is -2.46. The van der Waals surface area contributed by atoms with Crippen molar-refractivity contribution in [1.82, 2.24) is 4.90 Å². The maximum Gasteiger partial charge on any atom is 0.0191 e. The van der Waals surface area contributed by atoms with Crippen molar-refractivity contribution in [3.8, 4) is 0 Å². The first-order valence-corrected chi connectivity index (χ1v) is 4.18. The summed E-state index contributed by atoms with van der Waals surface area (Å²) < 4.78 is 0. The van der Waals surface area contributed by atoms with E-state index < -0.39 is 0 Å². The summed E-state index contributed by atoms with van der Waals surface area (Å²) in [6.07, 6.45) is 1.37. The fraction of sp³-hybridized carbons (Fsp3) is 1.00. The summed E-state index contributed by atoms with van der Waals surface area (Å²) in [5, 5.41) is 0. The van der Waals surface area contributed by atoms with Crippen molar-refractivity contribution in [1.29, 1.82) is 0 Å². The Morgan fingerprint density at radius 2 is 2.00 bits per heavy atom. The Morgan fingerprint density at radius 1 is 1.40 bits per heavy atom. The van der Waals surface area contributed by atoms with E-state index in [1.54, 1.807) is 0 Å². The van der Waals surface area contributed by atoms with Crippen LogP contribution in [-0.4, -0.2) is 30.6 Å². The molecule has 0 spiro atoms. The minimum atomic E-state index is 0.375. The molecule has 0 aromatic heterocycles. The highest BCUT2D eigenvalue weighted by molar-refractivity contribution is 4.76. The number of likely N-dealkylation sites (tertiary alicyclic amines) is 1. The second kappa shape index (κ2) is 3.35. The van der Waals surface area contributed by atoms with Gasteiger partial charge < -0.3 is 10.6 Å². The molecular weight excluding hydrogens is 124 g/mol. The molecule has 60 valence electrons. The third-order valence-corrected chi connectivity index (χ3v) is 2.27. The van der Waals surface area contributed by atoms with Gasteiger partial charge in [0.25, 0.3) is 0 Å². The Balaban J connectivity index is 2.10. The van der Waals surface area contributed by atoms with Gasteiger partial charge in [0.1, 0.15) is 0 Å². The SMILES string of the molecule is CC(C)C(N)CN1CCC1. The van der Waals surface area contributed by atoms with Crippen molar-refractivity contribution in [3.05, 3.63) is 0 Å². The molecule has 0 aromatic rings. The molecule has 0 aromatic carbocycles. The number of nitrogens with zero attached hydrogens (tertiary/aromatic N) is 1. The van der Waals surface area contributed by atoms with Crippen LogP contribution in [-0.2, 0) is 0 Å². The van der Waals surface area contributed by atoms with Crippen molar-refractivity contribution < 1.29 is 0 Å². The van der Waals surface area contributed by atoms with Gasteiger partial charge in [-0.05, 0) is 25.4 Å². The van der Waals surface area contributed by atoms with Gasteiger partial charge in [0, 0.05) is 12.6 Å². The van der Waals surface area contributed by atoms with E-state index >= 15 is 0 Å². The van der Waals surface area contributed by atoms with Gasteiger partial charge in [0.2, 0.25) is 0 Å². The summed E-state index contributed by atoms with van der Waals surface area (Å²) in [7, 11) is 0. The summed E-state index contributed by atoms with van der Waals surface area (Å²) in [4.78, 5) is 2.42. The second-order valence-electron chi connectivity index (χ2n) is 3.56. The number of hydrogen-bond acceptors (Lipinski definition) is 2. The molecule has 0 amide bonds. The number of rotatable bonds is 3. The van der Waals surface area contributed by atoms with Crippen LogP contribution >= 0.6 is 0 Å². The van der Waals surface area contributed by atoms with E-state index in [4.69, 9.17) is 5.73 Å². The Bertz CT molecular complexity index is 97.4. The Morgan fingerprint density at radius 3 is 2.30 bits per heavy atom. The molecule has 1 heterocycles. The summed E-state index contributed by atoms with van der Waals surface area (Å²) >= 11 is 0. The van der Waals surface area contributed by atoms with Gasteiger partial charge in [-0.2, -0.15) is 0 Å². The molecule has 2 nitrogen and oxygen atoms in total. The Kier molecular flexibility index (Phi) is 2.69. The van der Waals surface area contributed by atoms with Crippen molar-refractivity contribution in [2.75, 3.05) is 19.6 Å². The summed E-state index contributed by atoms with van der Waals surface area (Å²) in [6.45, 7) is 7.99. The van der Waals surface area contributed by atoms with Crippen LogP contribution < -0.4 is 5.73 Å². The third kappa shape index (κ3) is 1.96.